The topological polar surface area (TPSA) is 26.0 Å². The normalized spacial score (nSPS) is 17.7. The van der Waals surface area contributed by atoms with Crippen LogP contribution in [0.25, 0.3) is 0 Å². The molecule has 3 heteroatoms. The minimum atomic E-state index is -0.0984. The smallest absolute Gasteiger partial charge is 0.0643 e. The first-order valence-corrected chi connectivity index (χ1v) is 5.84. The van der Waals surface area contributed by atoms with Crippen molar-refractivity contribution in [1.82, 2.24) is 0 Å². The molecule has 0 aromatic heterocycles. The number of nitrogens with two attached hydrogens (primary N) is 1. The van der Waals surface area contributed by atoms with E-state index >= 15 is 0 Å². The van der Waals surface area contributed by atoms with Crippen molar-refractivity contribution in [2.24, 2.45) is 5.73 Å². The summed E-state index contributed by atoms with van der Waals surface area (Å²) in [6, 6.07) is 5.51. The molecule has 1 atom stereocenters. The Morgan fingerprint density at radius 3 is 2.73 bits per heavy atom. The molecule has 0 heterocycles. The summed E-state index contributed by atoms with van der Waals surface area (Å²) in [5, 5.41) is 1.16. The van der Waals surface area contributed by atoms with Crippen LogP contribution < -0.4 is 5.73 Å². The van der Waals surface area contributed by atoms with Crippen LogP contribution in [0, 0.1) is 0 Å². The molecule has 0 saturated carbocycles. The first-order valence-electron chi connectivity index (χ1n) is 5.08. The predicted molar refractivity (Wildman–Crippen MR) is 65.3 cm³/mol. The number of hydrogen-bond acceptors (Lipinski definition) is 1. The molecule has 1 unspecified atom stereocenters. The third-order valence-corrected chi connectivity index (χ3v) is 3.63. The van der Waals surface area contributed by atoms with Crippen LogP contribution in [0.3, 0.4) is 0 Å². The van der Waals surface area contributed by atoms with E-state index in [2.05, 4.69) is 6.08 Å². The number of halogens is 2. The van der Waals surface area contributed by atoms with Gasteiger partial charge in [0.1, 0.15) is 0 Å². The van der Waals surface area contributed by atoms with Crippen molar-refractivity contribution < 1.29 is 0 Å². The van der Waals surface area contributed by atoms with Crippen LogP contribution in [0.2, 0.25) is 10.0 Å². The van der Waals surface area contributed by atoms with Crippen molar-refractivity contribution in [2.45, 2.75) is 25.3 Å². The van der Waals surface area contributed by atoms with Gasteiger partial charge in [0.05, 0.1) is 16.1 Å². The highest BCUT2D eigenvalue weighted by atomic mass is 35.5. The summed E-state index contributed by atoms with van der Waals surface area (Å²) in [5.74, 6) is 0. The fourth-order valence-corrected chi connectivity index (χ4v) is 2.36. The summed E-state index contributed by atoms with van der Waals surface area (Å²) in [6.45, 7) is 0. The van der Waals surface area contributed by atoms with Gasteiger partial charge in [0.2, 0.25) is 0 Å². The van der Waals surface area contributed by atoms with Gasteiger partial charge in [0, 0.05) is 0 Å². The van der Waals surface area contributed by atoms with Crippen molar-refractivity contribution in [2.75, 3.05) is 0 Å². The third-order valence-electron chi connectivity index (χ3n) is 2.79. The highest BCUT2D eigenvalue weighted by Gasteiger charge is 2.18. The van der Waals surface area contributed by atoms with Crippen LogP contribution in [0.1, 0.15) is 30.9 Å². The van der Waals surface area contributed by atoms with Gasteiger partial charge < -0.3 is 5.73 Å². The first kappa shape index (κ1) is 11.0. The molecule has 0 amide bonds. The molecule has 15 heavy (non-hydrogen) atoms. The van der Waals surface area contributed by atoms with E-state index in [1.165, 1.54) is 12.0 Å². The molecule has 0 radical (unpaired) electrons. The van der Waals surface area contributed by atoms with E-state index in [0.29, 0.717) is 10.0 Å². The van der Waals surface area contributed by atoms with E-state index in [-0.39, 0.29) is 6.04 Å². The van der Waals surface area contributed by atoms with Gasteiger partial charge in [-0.05, 0) is 30.9 Å². The lowest BCUT2D eigenvalue weighted by Crippen LogP contribution is -2.12. The molecule has 0 fully saturated rings. The lowest BCUT2D eigenvalue weighted by atomic mass is 9.99. The largest absolute Gasteiger partial charge is 0.320 e. The maximum absolute atomic E-state index is 6.16. The second kappa shape index (κ2) is 4.56. The van der Waals surface area contributed by atoms with Gasteiger partial charge in [0.25, 0.3) is 0 Å². The Morgan fingerprint density at radius 1 is 1.27 bits per heavy atom. The fourth-order valence-electron chi connectivity index (χ4n) is 1.94. The van der Waals surface area contributed by atoms with Gasteiger partial charge in [-0.25, -0.2) is 0 Å². The molecule has 1 aromatic rings. The molecule has 0 saturated heterocycles. The van der Waals surface area contributed by atoms with E-state index in [0.717, 1.165) is 18.4 Å². The minimum absolute atomic E-state index is 0.0984. The fraction of sp³-hybridized carbons (Fsp3) is 0.333. The van der Waals surface area contributed by atoms with E-state index in [4.69, 9.17) is 28.9 Å². The molecular formula is C12H13Cl2N. The zero-order valence-corrected chi connectivity index (χ0v) is 9.85. The molecule has 1 nitrogen and oxygen atoms in total. The van der Waals surface area contributed by atoms with Crippen LogP contribution in [-0.2, 0) is 0 Å². The Balaban J connectivity index is 2.32. The molecule has 0 spiro atoms. The molecule has 2 N–H and O–H groups in total. The van der Waals surface area contributed by atoms with Gasteiger partial charge >= 0.3 is 0 Å². The SMILES string of the molecule is NC(C1=CCCC1)c1cccc(Cl)c1Cl. The van der Waals surface area contributed by atoms with Crippen LogP contribution in [-0.4, -0.2) is 0 Å². The van der Waals surface area contributed by atoms with Crippen molar-refractivity contribution in [3.8, 4) is 0 Å². The van der Waals surface area contributed by atoms with Gasteiger partial charge in [-0.15, -0.1) is 0 Å². The van der Waals surface area contributed by atoms with Crippen molar-refractivity contribution in [3.05, 3.63) is 45.5 Å². The molecule has 1 aliphatic carbocycles. The maximum Gasteiger partial charge on any atom is 0.0643 e. The van der Waals surface area contributed by atoms with Crippen LogP contribution in [0.15, 0.2) is 29.8 Å². The van der Waals surface area contributed by atoms with E-state index in [1.54, 1.807) is 6.07 Å². The summed E-state index contributed by atoms with van der Waals surface area (Å²) in [6.07, 6.45) is 5.61. The van der Waals surface area contributed by atoms with Crippen molar-refractivity contribution >= 4 is 23.2 Å². The Labute approximate surface area is 99.9 Å². The molecular weight excluding hydrogens is 229 g/mol. The lowest BCUT2D eigenvalue weighted by molar-refractivity contribution is 0.785. The Morgan fingerprint density at radius 2 is 2.07 bits per heavy atom. The van der Waals surface area contributed by atoms with E-state index in [1.807, 2.05) is 12.1 Å². The first-order chi connectivity index (χ1) is 7.20. The van der Waals surface area contributed by atoms with Gasteiger partial charge in [-0.3, -0.25) is 0 Å². The van der Waals surface area contributed by atoms with Crippen molar-refractivity contribution in [1.29, 1.82) is 0 Å². The summed E-state index contributed by atoms with van der Waals surface area (Å²) in [4.78, 5) is 0. The lowest BCUT2D eigenvalue weighted by Gasteiger charge is -2.15. The maximum atomic E-state index is 6.16. The quantitative estimate of drug-likeness (QED) is 0.776. The Bertz CT molecular complexity index is 399. The highest BCUT2D eigenvalue weighted by molar-refractivity contribution is 6.42. The van der Waals surface area contributed by atoms with Crippen LogP contribution in [0.5, 0.6) is 0 Å². The molecule has 1 aromatic carbocycles. The molecule has 1 aliphatic rings. The molecule has 0 bridgehead atoms. The monoisotopic (exact) mass is 241 g/mol. The summed E-state index contributed by atoms with van der Waals surface area (Å²) < 4.78 is 0. The second-order valence-corrected chi connectivity index (χ2v) is 4.58. The minimum Gasteiger partial charge on any atom is -0.320 e. The highest BCUT2D eigenvalue weighted by Crippen LogP contribution is 2.35. The summed E-state index contributed by atoms with van der Waals surface area (Å²) in [5.41, 5.74) is 8.36. The predicted octanol–water partition coefficient (Wildman–Crippen LogP) is 4.10. The van der Waals surface area contributed by atoms with Gasteiger partial charge in [-0.2, -0.15) is 0 Å². The average Bonchev–Trinajstić information content (AvgIpc) is 2.74. The molecule has 2 rings (SSSR count). The van der Waals surface area contributed by atoms with Crippen molar-refractivity contribution in [3.63, 3.8) is 0 Å². The van der Waals surface area contributed by atoms with E-state index in [9.17, 15) is 0 Å². The zero-order valence-electron chi connectivity index (χ0n) is 8.34. The number of hydrogen-bond donors (Lipinski definition) is 1. The summed E-state index contributed by atoms with van der Waals surface area (Å²) in [7, 11) is 0. The average molecular weight is 242 g/mol. The van der Waals surface area contributed by atoms with Gasteiger partial charge in [0.15, 0.2) is 0 Å². The molecule has 80 valence electrons. The zero-order chi connectivity index (χ0) is 10.8. The number of allylic oxidation sites excluding steroid dienone is 1. The molecule has 0 aliphatic heterocycles. The van der Waals surface area contributed by atoms with Crippen LogP contribution in [0.4, 0.5) is 0 Å². The Hall–Kier alpha value is -0.500. The van der Waals surface area contributed by atoms with Gasteiger partial charge in [-0.1, -0.05) is 47.0 Å². The second-order valence-electron chi connectivity index (χ2n) is 3.79. The number of rotatable bonds is 2. The standard InChI is InChI=1S/C12H13Cl2N/c13-10-7-3-6-9(11(10)14)12(15)8-4-1-2-5-8/h3-4,6-7,12H,1-2,5,15H2. The number of benzene rings is 1. The van der Waals surface area contributed by atoms with E-state index < -0.39 is 0 Å². The third kappa shape index (κ3) is 2.20. The van der Waals surface area contributed by atoms with Crippen LogP contribution >= 0.6 is 23.2 Å². The Kier molecular flexibility index (Phi) is 3.35. The summed E-state index contributed by atoms with van der Waals surface area (Å²) >= 11 is 12.1.